The second kappa shape index (κ2) is 7.06. The molecule has 3 rings (SSSR count). The van der Waals surface area contributed by atoms with Crippen LogP contribution in [-0.2, 0) is 4.84 Å². The number of rotatable bonds is 2. The molecule has 1 atom stereocenters. The molecular weight excluding hydrogens is 264 g/mol. The molecule has 21 heavy (non-hydrogen) atoms. The van der Waals surface area contributed by atoms with Gasteiger partial charge < -0.3 is 4.90 Å². The SMILES string of the molecule is CON1C=CN(C)C1N(C)C.c1ccc2ncccc2c1. The van der Waals surface area contributed by atoms with Crippen LogP contribution in [0.5, 0.6) is 0 Å². The van der Waals surface area contributed by atoms with E-state index in [-0.39, 0.29) is 6.29 Å². The van der Waals surface area contributed by atoms with E-state index in [9.17, 15) is 0 Å². The van der Waals surface area contributed by atoms with Gasteiger partial charge in [0.15, 0.2) is 6.29 Å². The predicted molar refractivity (Wildman–Crippen MR) is 85.0 cm³/mol. The summed E-state index contributed by atoms with van der Waals surface area (Å²) in [5.41, 5.74) is 1.06. The van der Waals surface area contributed by atoms with Crippen LogP contribution in [0.15, 0.2) is 55.0 Å². The Morgan fingerprint density at radius 3 is 2.43 bits per heavy atom. The number of hydrogen-bond acceptors (Lipinski definition) is 5. The Morgan fingerprint density at radius 2 is 1.81 bits per heavy atom. The van der Waals surface area contributed by atoms with Crippen LogP contribution in [0.25, 0.3) is 10.9 Å². The first kappa shape index (κ1) is 15.3. The minimum atomic E-state index is 0.181. The molecule has 0 saturated heterocycles. The van der Waals surface area contributed by atoms with Crippen LogP contribution >= 0.6 is 0 Å². The van der Waals surface area contributed by atoms with Gasteiger partial charge in [-0.3, -0.25) is 14.7 Å². The normalized spacial score (nSPS) is 17.3. The molecule has 112 valence electrons. The van der Waals surface area contributed by atoms with Gasteiger partial charge in [0.25, 0.3) is 0 Å². The zero-order valence-corrected chi connectivity index (χ0v) is 13.0. The third kappa shape index (κ3) is 3.71. The summed E-state index contributed by atoms with van der Waals surface area (Å²) in [6.07, 6.45) is 5.88. The van der Waals surface area contributed by atoms with Gasteiger partial charge in [0.2, 0.25) is 0 Å². The molecule has 0 bridgehead atoms. The Labute approximate surface area is 126 Å². The second-order valence-electron chi connectivity index (χ2n) is 5.01. The molecule has 5 heteroatoms. The standard InChI is InChI=1S/C9H7N.C7H15N3O/c1-2-6-9-8(4-1)5-3-7-10-9;1-8(2)7-9(3)5-6-10(7)11-4/h1-7H;5-7H,1-4H3. The summed E-state index contributed by atoms with van der Waals surface area (Å²) in [4.78, 5) is 13.4. The van der Waals surface area contributed by atoms with Crippen molar-refractivity contribution in [3.05, 3.63) is 55.0 Å². The van der Waals surface area contributed by atoms with E-state index < -0.39 is 0 Å². The first-order valence-corrected chi connectivity index (χ1v) is 6.82. The van der Waals surface area contributed by atoms with E-state index in [0.717, 1.165) is 5.52 Å². The van der Waals surface area contributed by atoms with Crippen molar-refractivity contribution in [2.75, 3.05) is 28.3 Å². The van der Waals surface area contributed by atoms with E-state index in [0.29, 0.717) is 0 Å². The fourth-order valence-corrected chi connectivity index (χ4v) is 2.27. The van der Waals surface area contributed by atoms with E-state index in [1.54, 1.807) is 12.2 Å². The smallest absolute Gasteiger partial charge is 0.183 e. The highest BCUT2D eigenvalue weighted by molar-refractivity contribution is 5.77. The zero-order chi connectivity index (χ0) is 15.2. The minimum absolute atomic E-state index is 0.181. The minimum Gasteiger partial charge on any atom is -0.345 e. The molecule has 1 aromatic heterocycles. The van der Waals surface area contributed by atoms with Crippen LogP contribution in [-0.4, -0.2) is 54.4 Å². The summed E-state index contributed by atoms with van der Waals surface area (Å²) in [5.74, 6) is 0. The molecule has 1 unspecified atom stereocenters. The number of nitrogens with zero attached hydrogens (tertiary/aromatic N) is 4. The van der Waals surface area contributed by atoms with Crippen LogP contribution in [0, 0.1) is 0 Å². The molecular formula is C16H22N4O. The van der Waals surface area contributed by atoms with Crippen LogP contribution in [0.3, 0.4) is 0 Å². The zero-order valence-electron chi connectivity index (χ0n) is 13.0. The van der Waals surface area contributed by atoms with E-state index in [1.807, 2.05) is 64.0 Å². The maximum Gasteiger partial charge on any atom is 0.183 e. The van der Waals surface area contributed by atoms with Crippen molar-refractivity contribution in [2.24, 2.45) is 0 Å². The summed E-state index contributed by atoms with van der Waals surface area (Å²) in [7, 11) is 7.71. The Balaban J connectivity index is 0.000000154. The third-order valence-corrected chi connectivity index (χ3v) is 3.23. The fraction of sp³-hybridized carbons (Fsp3) is 0.312. The first-order chi connectivity index (χ1) is 10.1. The lowest BCUT2D eigenvalue weighted by Gasteiger charge is -2.33. The van der Waals surface area contributed by atoms with Gasteiger partial charge in [-0.25, -0.2) is 5.06 Å². The molecule has 0 radical (unpaired) electrons. The van der Waals surface area contributed by atoms with Crippen molar-refractivity contribution in [3.8, 4) is 0 Å². The van der Waals surface area contributed by atoms with Gasteiger partial charge in [0, 0.05) is 31.0 Å². The highest BCUT2D eigenvalue weighted by atomic mass is 16.7. The van der Waals surface area contributed by atoms with Crippen molar-refractivity contribution < 1.29 is 4.84 Å². The largest absolute Gasteiger partial charge is 0.345 e. The molecule has 5 nitrogen and oxygen atoms in total. The maximum atomic E-state index is 5.12. The molecule has 0 aliphatic carbocycles. The summed E-state index contributed by atoms with van der Waals surface area (Å²) in [5, 5.41) is 2.99. The molecule has 0 fully saturated rings. The lowest BCUT2D eigenvalue weighted by Crippen LogP contribution is -2.46. The number of fused-ring (bicyclic) bond motifs is 1. The Bertz CT molecular complexity index is 534. The van der Waals surface area contributed by atoms with Crippen molar-refractivity contribution in [2.45, 2.75) is 6.29 Å². The molecule has 1 aliphatic heterocycles. The van der Waals surface area contributed by atoms with E-state index in [4.69, 9.17) is 4.84 Å². The van der Waals surface area contributed by atoms with E-state index >= 15 is 0 Å². The molecule has 1 aromatic carbocycles. The van der Waals surface area contributed by atoms with Gasteiger partial charge in [0.1, 0.15) is 0 Å². The molecule has 0 spiro atoms. The van der Waals surface area contributed by atoms with Crippen LogP contribution < -0.4 is 0 Å². The number of pyridine rings is 1. The maximum absolute atomic E-state index is 5.12. The molecule has 1 aliphatic rings. The Morgan fingerprint density at radius 1 is 1.10 bits per heavy atom. The van der Waals surface area contributed by atoms with E-state index in [2.05, 4.69) is 26.9 Å². The van der Waals surface area contributed by atoms with Crippen molar-refractivity contribution in [1.29, 1.82) is 0 Å². The lowest BCUT2D eigenvalue weighted by molar-refractivity contribution is -0.175. The van der Waals surface area contributed by atoms with Crippen LogP contribution in [0.1, 0.15) is 0 Å². The monoisotopic (exact) mass is 286 g/mol. The van der Waals surface area contributed by atoms with Crippen molar-refractivity contribution >= 4 is 10.9 Å². The lowest BCUT2D eigenvalue weighted by atomic mass is 10.2. The highest BCUT2D eigenvalue weighted by Gasteiger charge is 2.25. The van der Waals surface area contributed by atoms with Gasteiger partial charge in [-0.1, -0.05) is 24.3 Å². The van der Waals surface area contributed by atoms with E-state index in [1.165, 1.54) is 5.39 Å². The molecule has 0 saturated carbocycles. The van der Waals surface area contributed by atoms with Crippen LogP contribution in [0.4, 0.5) is 0 Å². The van der Waals surface area contributed by atoms with Gasteiger partial charge in [-0.05, 0) is 26.2 Å². The Hall–Kier alpha value is -2.11. The Kier molecular flexibility index (Phi) is 5.14. The first-order valence-electron chi connectivity index (χ1n) is 6.82. The summed E-state index contributed by atoms with van der Waals surface area (Å²) in [6.45, 7) is 0. The second-order valence-corrected chi connectivity index (χ2v) is 5.01. The van der Waals surface area contributed by atoms with Crippen molar-refractivity contribution in [3.63, 3.8) is 0 Å². The highest BCUT2D eigenvalue weighted by Crippen LogP contribution is 2.14. The van der Waals surface area contributed by atoms with Gasteiger partial charge in [0.05, 0.1) is 12.6 Å². The summed E-state index contributed by atoms with van der Waals surface area (Å²) < 4.78 is 0. The van der Waals surface area contributed by atoms with Crippen LogP contribution in [0.2, 0.25) is 0 Å². The number of hydroxylamine groups is 2. The average molecular weight is 286 g/mol. The van der Waals surface area contributed by atoms with Gasteiger partial charge >= 0.3 is 0 Å². The summed E-state index contributed by atoms with van der Waals surface area (Å²) in [6, 6.07) is 12.1. The topological polar surface area (TPSA) is 31.8 Å². The van der Waals surface area contributed by atoms with Gasteiger partial charge in [-0.2, -0.15) is 0 Å². The number of benzene rings is 1. The third-order valence-electron chi connectivity index (χ3n) is 3.23. The molecule has 2 heterocycles. The molecule has 0 amide bonds. The number of aromatic nitrogens is 1. The quantitative estimate of drug-likeness (QED) is 0.846. The number of hydrogen-bond donors (Lipinski definition) is 0. The summed E-state index contributed by atoms with van der Waals surface area (Å²) >= 11 is 0. The molecule has 0 N–H and O–H groups in total. The number of para-hydroxylation sites is 1. The fourth-order valence-electron chi connectivity index (χ4n) is 2.27. The average Bonchev–Trinajstić information content (AvgIpc) is 2.89. The van der Waals surface area contributed by atoms with Gasteiger partial charge in [-0.15, -0.1) is 0 Å². The predicted octanol–water partition coefficient (Wildman–Crippen LogP) is 2.35. The van der Waals surface area contributed by atoms with Crippen molar-refractivity contribution in [1.82, 2.24) is 19.8 Å². The molecule has 2 aromatic rings.